The molecule has 4 heteroatoms. The van der Waals surface area contributed by atoms with Crippen LogP contribution in [0, 0.1) is 0 Å². The first-order chi connectivity index (χ1) is 13.8. The fourth-order valence-electron chi connectivity index (χ4n) is 2.90. The lowest BCUT2D eigenvalue weighted by Gasteiger charge is -2.07. The maximum Gasteiger partial charge on any atom is 0.271 e. The first-order valence-electron chi connectivity index (χ1n) is 10.4. The third-order valence-electron chi connectivity index (χ3n) is 4.56. The molecule has 28 heavy (non-hydrogen) atoms. The van der Waals surface area contributed by atoms with E-state index >= 15 is 0 Å². The summed E-state index contributed by atoms with van der Waals surface area (Å²) in [7, 11) is 0. The van der Waals surface area contributed by atoms with Crippen LogP contribution < -0.4 is 10.2 Å². The molecular weight excluding hydrogens is 348 g/mol. The minimum Gasteiger partial charge on any atom is -0.494 e. The number of hydrogen-bond acceptors (Lipinski definition) is 3. The smallest absolute Gasteiger partial charge is 0.271 e. The van der Waals surface area contributed by atoms with Crippen molar-refractivity contribution in [2.24, 2.45) is 5.10 Å². The van der Waals surface area contributed by atoms with Crippen LogP contribution in [-0.4, -0.2) is 18.7 Å². The highest BCUT2D eigenvalue weighted by Crippen LogP contribution is 2.14. The lowest BCUT2D eigenvalue weighted by atomic mass is 10.1. The molecule has 0 radical (unpaired) electrons. The zero-order chi connectivity index (χ0) is 19.9. The van der Waals surface area contributed by atoms with Crippen LogP contribution in [0.25, 0.3) is 0 Å². The molecule has 0 heterocycles. The number of rotatable bonds is 13. The average Bonchev–Trinajstić information content (AvgIpc) is 2.74. The number of unbranched alkanes of at least 4 members (excludes halogenated alkanes) is 7. The van der Waals surface area contributed by atoms with Crippen molar-refractivity contribution < 1.29 is 9.53 Å². The van der Waals surface area contributed by atoms with E-state index in [2.05, 4.69) is 17.5 Å². The van der Waals surface area contributed by atoms with Gasteiger partial charge < -0.3 is 4.74 Å². The van der Waals surface area contributed by atoms with Crippen LogP contribution in [-0.2, 0) is 0 Å². The highest BCUT2D eigenvalue weighted by Gasteiger charge is 2.04. The molecule has 0 bridgehead atoms. The van der Waals surface area contributed by atoms with Crippen LogP contribution in [0.4, 0.5) is 0 Å². The van der Waals surface area contributed by atoms with Gasteiger partial charge in [-0.3, -0.25) is 4.79 Å². The highest BCUT2D eigenvalue weighted by molar-refractivity contribution is 5.94. The van der Waals surface area contributed by atoms with Crippen LogP contribution in [0.2, 0.25) is 0 Å². The van der Waals surface area contributed by atoms with E-state index in [1.807, 2.05) is 42.5 Å². The fourth-order valence-corrected chi connectivity index (χ4v) is 2.90. The molecule has 0 aliphatic rings. The Kier molecular flexibility index (Phi) is 10.5. The summed E-state index contributed by atoms with van der Waals surface area (Å²) in [5, 5.41) is 3.99. The quantitative estimate of drug-likeness (QED) is 0.264. The van der Waals surface area contributed by atoms with E-state index in [9.17, 15) is 4.79 Å². The van der Waals surface area contributed by atoms with Gasteiger partial charge in [0.2, 0.25) is 0 Å². The summed E-state index contributed by atoms with van der Waals surface area (Å²) in [6.45, 7) is 2.97. The maximum absolute atomic E-state index is 12.1. The third-order valence-corrected chi connectivity index (χ3v) is 4.56. The number of benzene rings is 2. The summed E-state index contributed by atoms with van der Waals surface area (Å²) < 4.78 is 5.76. The molecule has 0 aromatic heterocycles. The van der Waals surface area contributed by atoms with Crippen molar-refractivity contribution in [3.8, 4) is 5.75 Å². The number of nitrogens with one attached hydrogen (secondary N) is 1. The third kappa shape index (κ3) is 8.85. The van der Waals surface area contributed by atoms with E-state index in [-0.39, 0.29) is 5.91 Å². The zero-order valence-corrected chi connectivity index (χ0v) is 16.9. The highest BCUT2D eigenvalue weighted by atomic mass is 16.5. The van der Waals surface area contributed by atoms with E-state index in [1.54, 1.807) is 18.3 Å². The Labute approximate surface area is 169 Å². The zero-order valence-electron chi connectivity index (χ0n) is 16.9. The van der Waals surface area contributed by atoms with Gasteiger partial charge in [-0.1, -0.05) is 82.2 Å². The molecule has 0 fully saturated rings. The number of carbonyl (C=O) groups is 1. The first-order valence-corrected chi connectivity index (χ1v) is 10.4. The molecule has 0 atom stereocenters. The van der Waals surface area contributed by atoms with Gasteiger partial charge in [0.25, 0.3) is 5.91 Å². The minimum absolute atomic E-state index is 0.234. The van der Waals surface area contributed by atoms with Gasteiger partial charge in [0.15, 0.2) is 0 Å². The lowest BCUT2D eigenvalue weighted by molar-refractivity contribution is 0.0955. The van der Waals surface area contributed by atoms with Crippen molar-refractivity contribution in [1.82, 2.24) is 5.43 Å². The van der Waals surface area contributed by atoms with E-state index in [1.165, 1.54) is 44.9 Å². The van der Waals surface area contributed by atoms with E-state index in [0.29, 0.717) is 5.56 Å². The van der Waals surface area contributed by atoms with Crippen molar-refractivity contribution in [3.05, 3.63) is 65.7 Å². The van der Waals surface area contributed by atoms with Gasteiger partial charge in [0, 0.05) is 5.56 Å². The van der Waals surface area contributed by atoms with Gasteiger partial charge in [0.05, 0.1) is 12.8 Å². The summed E-state index contributed by atoms with van der Waals surface area (Å²) in [6, 6.07) is 16.8. The maximum atomic E-state index is 12.1. The van der Waals surface area contributed by atoms with Crippen LogP contribution in [0.1, 0.15) is 74.2 Å². The number of hydrogen-bond donors (Lipinski definition) is 1. The number of ether oxygens (including phenoxy) is 1. The van der Waals surface area contributed by atoms with Crippen LogP contribution in [0.5, 0.6) is 5.75 Å². The van der Waals surface area contributed by atoms with E-state index in [0.717, 1.165) is 24.3 Å². The minimum atomic E-state index is -0.234. The standard InChI is InChI=1S/C24H32N2O2/c1-2-3-4-5-6-7-8-12-19-28-23-17-15-22(16-18-23)24(27)26-25-20-21-13-10-9-11-14-21/h9-11,13-18,20H,2-8,12,19H2,1H3,(H,26,27)/b25-20+. The van der Waals surface area contributed by atoms with Gasteiger partial charge in [-0.25, -0.2) is 5.43 Å². The lowest BCUT2D eigenvalue weighted by Crippen LogP contribution is -2.17. The van der Waals surface area contributed by atoms with E-state index in [4.69, 9.17) is 4.74 Å². The predicted molar refractivity (Wildman–Crippen MR) is 116 cm³/mol. The molecule has 0 aliphatic heterocycles. The number of amides is 1. The van der Waals surface area contributed by atoms with Crippen molar-refractivity contribution in [2.45, 2.75) is 58.3 Å². The molecule has 0 saturated carbocycles. The van der Waals surface area contributed by atoms with Gasteiger partial charge in [0.1, 0.15) is 5.75 Å². The van der Waals surface area contributed by atoms with Crippen LogP contribution >= 0.6 is 0 Å². The molecule has 1 N–H and O–H groups in total. The molecule has 0 spiro atoms. The van der Waals surface area contributed by atoms with Crippen molar-refractivity contribution in [1.29, 1.82) is 0 Å². The number of nitrogens with zero attached hydrogens (tertiary/aromatic N) is 1. The summed E-state index contributed by atoms with van der Waals surface area (Å²) >= 11 is 0. The van der Waals surface area contributed by atoms with Crippen LogP contribution in [0.15, 0.2) is 59.7 Å². The van der Waals surface area contributed by atoms with Crippen molar-refractivity contribution in [2.75, 3.05) is 6.61 Å². The Hall–Kier alpha value is -2.62. The van der Waals surface area contributed by atoms with Gasteiger partial charge in [-0.15, -0.1) is 0 Å². The Morgan fingerprint density at radius 3 is 2.21 bits per heavy atom. The summed E-state index contributed by atoms with van der Waals surface area (Å²) in [4.78, 5) is 12.1. The Balaban J connectivity index is 1.61. The second-order valence-electron chi connectivity index (χ2n) is 6.96. The summed E-state index contributed by atoms with van der Waals surface area (Å²) in [6.07, 6.45) is 11.9. The van der Waals surface area contributed by atoms with Crippen LogP contribution in [0.3, 0.4) is 0 Å². The Morgan fingerprint density at radius 2 is 1.54 bits per heavy atom. The fraction of sp³-hybridized carbons (Fsp3) is 0.417. The largest absolute Gasteiger partial charge is 0.494 e. The van der Waals surface area contributed by atoms with Gasteiger partial charge >= 0.3 is 0 Å². The number of carbonyl (C=O) groups excluding carboxylic acids is 1. The Bertz CT molecular complexity index is 696. The average molecular weight is 381 g/mol. The summed E-state index contributed by atoms with van der Waals surface area (Å²) in [5.74, 6) is 0.564. The normalized spacial score (nSPS) is 10.9. The molecule has 0 aliphatic carbocycles. The molecule has 0 saturated heterocycles. The summed E-state index contributed by atoms with van der Waals surface area (Å²) in [5.41, 5.74) is 4.04. The molecule has 2 aromatic rings. The first kappa shape index (κ1) is 21.7. The topological polar surface area (TPSA) is 50.7 Å². The SMILES string of the molecule is CCCCCCCCCCOc1ccc(C(=O)N/N=C/c2ccccc2)cc1. The molecule has 0 unspecified atom stereocenters. The predicted octanol–water partition coefficient (Wildman–Crippen LogP) is 5.97. The monoisotopic (exact) mass is 380 g/mol. The Morgan fingerprint density at radius 1 is 0.893 bits per heavy atom. The number of hydrazone groups is 1. The second kappa shape index (κ2) is 13.5. The van der Waals surface area contributed by atoms with Gasteiger partial charge in [-0.2, -0.15) is 5.10 Å². The van der Waals surface area contributed by atoms with Crippen molar-refractivity contribution >= 4 is 12.1 Å². The second-order valence-corrected chi connectivity index (χ2v) is 6.96. The molecule has 4 nitrogen and oxygen atoms in total. The molecular formula is C24H32N2O2. The van der Waals surface area contributed by atoms with Gasteiger partial charge in [-0.05, 0) is 36.2 Å². The molecule has 1 amide bonds. The van der Waals surface area contributed by atoms with Crippen molar-refractivity contribution in [3.63, 3.8) is 0 Å². The van der Waals surface area contributed by atoms with E-state index < -0.39 is 0 Å². The molecule has 150 valence electrons. The molecule has 2 aromatic carbocycles. The molecule has 2 rings (SSSR count).